The van der Waals surface area contributed by atoms with Crippen LogP contribution in [0.15, 0.2) is 0 Å². The minimum atomic E-state index is 0.426. The number of hydrogen-bond acceptors (Lipinski definition) is 4. The van der Waals surface area contributed by atoms with Gasteiger partial charge in [-0.15, -0.1) is 0 Å². The quantitative estimate of drug-likeness (QED) is 0.736. The average Bonchev–Trinajstić information content (AvgIpc) is 3.43. The van der Waals surface area contributed by atoms with Gasteiger partial charge >= 0.3 is 0 Å². The first kappa shape index (κ1) is 19.9. The summed E-state index contributed by atoms with van der Waals surface area (Å²) >= 11 is 0. The summed E-state index contributed by atoms with van der Waals surface area (Å²) in [5, 5.41) is 0. The van der Waals surface area contributed by atoms with Crippen LogP contribution in [0.1, 0.15) is 64.2 Å². The number of rotatable bonds is 4. The second-order valence-corrected chi connectivity index (χ2v) is 6.36. The van der Waals surface area contributed by atoms with Gasteiger partial charge in [0.2, 0.25) is 0 Å². The molecule has 2 aliphatic heterocycles. The maximum absolute atomic E-state index is 4.82. The Kier molecular flexibility index (Phi) is 13.0. The molecule has 1 aliphatic carbocycles. The van der Waals surface area contributed by atoms with Gasteiger partial charge in [0.15, 0.2) is 0 Å². The molecule has 0 amide bonds. The van der Waals surface area contributed by atoms with Gasteiger partial charge in [0, 0.05) is 14.2 Å². The van der Waals surface area contributed by atoms with Gasteiger partial charge < -0.3 is 18.9 Å². The summed E-state index contributed by atoms with van der Waals surface area (Å²) in [5.41, 5.74) is 0. The van der Waals surface area contributed by atoms with Crippen molar-refractivity contribution in [3.8, 4) is 0 Å². The van der Waals surface area contributed by atoms with E-state index >= 15 is 0 Å². The van der Waals surface area contributed by atoms with E-state index in [0.29, 0.717) is 12.2 Å². The van der Waals surface area contributed by atoms with Gasteiger partial charge in [0.05, 0.1) is 26.4 Å². The molecule has 2 atom stereocenters. The Labute approximate surface area is 136 Å². The third-order valence-electron chi connectivity index (χ3n) is 4.01. The van der Waals surface area contributed by atoms with E-state index in [1.54, 1.807) is 14.2 Å². The lowest BCUT2D eigenvalue weighted by molar-refractivity contribution is 0.171. The molecular weight excluding hydrogens is 280 g/mol. The Bertz CT molecular complexity index is 180. The topological polar surface area (TPSA) is 43.5 Å². The maximum Gasteiger partial charge on any atom is 0.104 e. The van der Waals surface area contributed by atoms with Crippen LogP contribution in [0.4, 0.5) is 0 Å². The fourth-order valence-electron chi connectivity index (χ4n) is 2.47. The van der Waals surface area contributed by atoms with E-state index in [2.05, 4.69) is 0 Å². The van der Waals surface area contributed by atoms with Crippen LogP contribution in [-0.2, 0) is 18.9 Å². The molecule has 3 fully saturated rings. The molecule has 0 aromatic heterocycles. The van der Waals surface area contributed by atoms with Crippen molar-refractivity contribution >= 4 is 0 Å². The zero-order valence-electron chi connectivity index (χ0n) is 14.7. The van der Waals surface area contributed by atoms with Crippen LogP contribution >= 0.6 is 0 Å². The molecule has 4 nitrogen and oxygen atoms in total. The minimum Gasteiger partial charge on any atom is -0.382 e. The molecule has 22 heavy (non-hydrogen) atoms. The van der Waals surface area contributed by atoms with E-state index < -0.39 is 0 Å². The molecule has 3 rings (SSSR count). The molecule has 0 radical (unpaired) electrons. The summed E-state index contributed by atoms with van der Waals surface area (Å²) < 4.78 is 19.1. The zero-order chi connectivity index (χ0) is 15.9. The van der Waals surface area contributed by atoms with Crippen LogP contribution in [-0.4, -0.2) is 52.9 Å². The Balaban J connectivity index is 0.000000174. The van der Waals surface area contributed by atoms with Gasteiger partial charge in [0.1, 0.15) is 12.2 Å². The smallest absolute Gasteiger partial charge is 0.104 e. The molecule has 2 unspecified atom stereocenters. The molecule has 0 bridgehead atoms. The Morgan fingerprint density at radius 3 is 0.909 bits per heavy atom. The number of ether oxygens (including phenoxy) is 4. The average molecular weight is 316 g/mol. The lowest BCUT2D eigenvalue weighted by Gasteiger charge is -2.05. The normalized spacial score (nSPS) is 27.5. The second-order valence-electron chi connectivity index (χ2n) is 6.36. The van der Waals surface area contributed by atoms with Gasteiger partial charge in [-0.2, -0.15) is 0 Å². The highest BCUT2D eigenvalue weighted by Crippen LogP contribution is 2.15. The van der Waals surface area contributed by atoms with Crippen LogP contribution < -0.4 is 0 Å². The minimum absolute atomic E-state index is 0.426. The van der Waals surface area contributed by atoms with Crippen molar-refractivity contribution in [2.75, 3.05) is 40.6 Å². The largest absolute Gasteiger partial charge is 0.382 e. The zero-order valence-corrected chi connectivity index (χ0v) is 14.7. The molecular formula is C18H36O4. The third kappa shape index (κ3) is 14.8. The highest BCUT2D eigenvalue weighted by molar-refractivity contribution is 4.66. The summed E-state index contributed by atoms with van der Waals surface area (Å²) in [5.74, 6) is 0. The van der Waals surface area contributed by atoms with Crippen molar-refractivity contribution in [2.45, 2.75) is 76.4 Å². The lowest BCUT2D eigenvalue weighted by atomic mass is 10.0. The Hall–Kier alpha value is -0.160. The standard InChI is InChI=1S/C10H20.2C4H8O2/c1-2-4-6-8-10-9-7-5-3-1;2*1-5-2-4-3-6-4/h1-10H2;2*4H,2-3H2,1H3. The molecule has 3 aliphatic rings. The first-order chi connectivity index (χ1) is 10.9. The molecule has 1 saturated carbocycles. The molecule has 4 heteroatoms. The van der Waals surface area contributed by atoms with Gasteiger partial charge in [-0.05, 0) is 0 Å². The number of hydrogen-bond donors (Lipinski definition) is 0. The van der Waals surface area contributed by atoms with E-state index in [4.69, 9.17) is 18.9 Å². The van der Waals surface area contributed by atoms with Crippen molar-refractivity contribution in [1.82, 2.24) is 0 Å². The van der Waals surface area contributed by atoms with Gasteiger partial charge in [-0.1, -0.05) is 64.2 Å². The van der Waals surface area contributed by atoms with Crippen LogP contribution in [0.3, 0.4) is 0 Å². The molecule has 2 saturated heterocycles. The van der Waals surface area contributed by atoms with E-state index in [1.165, 1.54) is 64.2 Å². The van der Waals surface area contributed by atoms with Crippen LogP contribution in [0.2, 0.25) is 0 Å². The van der Waals surface area contributed by atoms with Crippen molar-refractivity contribution in [2.24, 2.45) is 0 Å². The van der Waals surface area contributed by atoms with E-state index in [1.807, 2.05) is 0 Å². The molecule has 0 N–H and O–H groups in total. The van der Waals surface area contributed by atoms with Crippen LogP contribution in [0, 0.1) is 0 Å². The lowest BCUT2D eigenvalue weighted by Crippen LogP contribution is -1.94. The summed E-state index contributed by atoms with van der Waals surface area (Å²) in [4.78, 5) is 0. The van der Waals surface area contributed by atoms with E-state index in [9.17, 15) is 0 Å². The molecule has 0 aromatic carbocycles. The molecule has 132 valence electrons. The Morgan fingerprint density at radius 2 is 0.818 bits per heavy atom. The second kappa shape index (κ2) is 14.4. The molecule has 0 spiro atoms. The Morgan fingerprint density at radius 1 is 0.591 bits per heavy atom. The van der Waals surface area contributed by atoms with Crippen LogP contribution in [0.5, 0.6) is 0 Å². The summed E-state index contributed by atoms with van der Waals surface area (Å²) in [7, 11) is 3.36. The highest BCUT2D eigenvalue weighted by atomic mass is 16.6. The van der Waals surface area contributed by atoms with Crippen LogP contribution in [0.25, 0.3) is 0 Å². The first-order valence-electron chi connectivity index (χ1n) is 9.08. The third-order valence-corrected chi connectivity index (χ3v) is 4.01. The van der Waals surface area contributed by atoms with Gasteiger partial charge in [-0.25, -0.2) is 0 Å². The molecule has 2 heterocycles. The monoisotopic (exact) mass is 316 g/mol. The van der Waals surface area contributed by atoms with Crippen molar-refractivity contribution in [1.29, 1.82) is 0 Å². The van der Waals surface area contributed by atoms with Crippen molar-refractivity contribution < 1.29 is 18.9 Å². The van der Waals surface area contributed by atoms with Crippen molar-refractivity contribution in [3.63, 3.8) is 0 Å². The summed E-state index contributed by atoms with van der Waals surface area (Å²) in [6, 6.07) is 0. The summed E-state index contributed by atoms with van der Waals surface area (Å²) in [6.45, 7) is 3.32. The highest BCUT2D eigenvalue weighted by Gasteiger charge is 2.21. The predicted molar refractivity (Wildman–Crippen MR) is 89.4 cm³/mol. The fraction of sp³-hybridized carbons (Fsp3) is 1.00. The molecule has 0 aromatic rings. The van der Waals surface area contributed by atoms with Gasteiger partial charge in [0.25, 0.3) is 0 Å². The number of methoxy groups -OCH3 is 2. The predicted octanol–water partition coefficient (Wildman–Crippen LogP) is 3.96. The SMILES string of the molecule is C1CCCCCCCCC1.COCC1CO1.COCC1CO1. The fourth-order valence-corrected chi connectivity index (χ4v) is 2.47. The first-order valence-corrected chi connectivity index (χ1v) is 9.08. The van der Waals surface area contributed by atoms with Crippen molar-refractivity contribution in [3.05, 3.63) is 0 Å². The van der Waals surface area contributed by atoms with E-state index in [0.717, 1.165) is 26.4 Å². The number of epoxide rings is 2. The summed E-state index contributed by atoms with van der Waals surface area (Å²) in [6.07, 6.45) is 15.9. The maximum atomic E-state index is 4.82. The van der Waals surface area contributed by atoms with Gasteiger partial charge in [-0.3, -0.25) is 0 Å². The van der Waals surface area contributed by atoms with E-state index in [-0.39, 0.29) is 0 Å².